The maximum absolute atomic E-state index is 11.6. The Morgan fingerprint density at radius 3 is 2.42 bits per heavy atom. The van der Waals surface area contributed by atoms with Crippen molar-refractivity contribution in [2.45, 2.75) is 76.9 Å². The minimum Gasteiger partial charge on any atom is -0.460 e. The average Bonchev–Trinajstić information content (AvgIpc) is 3.19. The van der Waals surface area contributed by atoms with Crippen LogP contribution in [0.15, 0.2) is 18.2 Å². The normalized spacial score (nSPS) is 24.1. The summed E-state index contributed by atoms with van der Waals surface area (Å²) in [6, 6.07) is 6.21. The summed E-state index contributed by atoms with van der Waals surface area (Å²) in [5.74, 6) is 1.18. The van der Waals surface area contributed by atoms with Crippen molar-refractivity contribution in [3.05, 3.63) is 23.8 Å². The second-order valence-corrected chi connectivity index (χ2v) is 7.44. The molecule has 0 bridgehead atoms. The molecule has 0 saturated carbocycles. The molecule has 1 aromatic carbocycles. The number of carbonyl (C=O) groups is 1. The van der Waals surface area contributed by atoms with Crippen molar-refractivity contribution in [1.29, 1.82) is 0 Å². The first kappa shape index (κ1) is 19.0. The first-order valence-electron chi connectivity index (χ1n) is 9.92. The maximum Gasteiger partial charge on any atom is 0.312 e. The summed E-state index contributed by atoms with van der Waals surface area (Å²) in [5.41, 5.74) is 1.31. The van der Waals surface area contributed by atoms with Gasteiger partial charge in [0.15, 0.2) is 11.5 Å². The number of aliphatic hydroxyl groups is 1. The Hall–Kier alpha value is -1.75. The van der Waals surface area contributed by atoms with Crippen LogP contribution in [0.3, 0.4) is 0 Å². The second kappa shape index (κ2) is 9.26. The van der Waals surface area contributed by atoms with Crippen molar-refractivity contribution in [2.75, 3.05) is 6.79 Å². The monoisotopic (exact) mass is 362 g/mol. The minimum absolute atomic E-state index is 0.228. The third kappa shape index (κ3) is 4.91. The van der Waals surface area contributed by atoms with Crippen LogP contribution in [0.1, 0.15) is 63.9 Å². The smallest absolute Gasteiger partial charge is 0.312 e. The van der Waals surface area contributed by atoms with E-state index in [0.717, 1.165) is 37.2 Å². The van der Waals surface area contributed by atoms with Gasteiger partial charge in [-0.2, -0.15) is 0 Å². The molecule has 2 aliphatic heterocycles. The van der Waals surface area contributed by atoms with E-state index < -0.39 is 6.10 Å². The first-order valence-corrected chi connectivity index (χ1v) is 9.92. The molecule has 5 nitrogen and oxygen atoms in total. The largest absolute Gasteiger partial charge is 0.460 e. The zero-order valence-electron chi connectivity index (χ0n) is 15.6. The third-order valence-electron chi connectivity index (χ3n) is 5.42. The molecule has 0 aromatic heterocycles. The number of rotatable bonds is 10. The van der Waals surface area contributed by atoms with Crippen LogP contribution >= 0.6 is 0 Å². The van der Waals surface area contributed by atoms with Crippen molar-refractivity contribution in [3.8, 4) is 11.5 Å². The molecule has 3 rings (SSSR count). The fraction of sp³-hybridized carbons (Fsp3) is 0.667. The molecule has 144 valence electrons. The maximum atomic E-state index is 11.6. The highest BCUT2D eigenvalue weighted by atomic mass is 16.7. The highest BCUT2D eigenvalue weighted by molar-refractivity contribution is 5.75. The Morgan fingerprint density at radius 1 is 1.00 bits per heavy atom. The molecule has 1 N–H and O–H groups in total. The van der Waals surface area contributed by atoms with Gasteiger partial charge in [0.25, 0.3) is 0 Å². The lowest BCUT2D eigenvalue weighted by atomic mass is 9.95. The number of hydrogen-bond acceptors (Lipinski definition) is 5. The lowest BCUT2D eigenvalue weighted by molar-refractivity contribution is -0.143. The summed E-state index contributed by atoms with van der Waals surface area (Å²) in [4.78, 5) is 11.6. The summed E-state index contributed by atoms with van der Waals surface area (Å²) in [7, 11) is 0. The van der Waals surface area contributed by atoms with Gasteiger partial charge < -0.3 is 19.3 Å². The van der Waals surface area contributed by atoms with E-state index in [9.17, 15) is 9.90 Å². The van der Waals surface area contributed by atoms with Gasteiger partial charge in [0.1, 0.15) is 12.2 Å². The SMILES string of the molecule is C[C@@H]1OC(=O)[C@@H](CCCCCCCCCc2ccc3c(c2)OCO3)[C@@H]1O. The van der Waals surface area contributed by atoms with Crippen LogP contribution < -0.4 is 9.47 Å². The van der Waals surface area contributed by atoms with Gasteiger partial charge in [-0.05, 0) is 43.9 Å². The number of hydrogen-bond donors (Lipinski definition) is 1. The molecule has 1 saturated heterocycles. The van der Waals surface area contributed by atoms with Gasteiger partial charge in [-0.1, -0.05) is 44.6 Å². The van der Waals surface area contributed by atoms with E-state index in [1.54, 1.807) is 6.92 Å². The van der Waals surface area contributed by atoms with Gasteiger partial charge in [-0.3, -0.25) is 4.79 Å². The number of aliphatic hydroxyl groups excluding tert-OH is 1. The van der Waals surface area contributed by atoms with Crippen molar-refractivity contribution in [3.63, 3.8) is 0 Å². The zero-order chi connectivity index (χ0) is 18.4. The van der Waals surface area contributed by atoms with Crippen molar-refractivity contribution < 1.29 is 24.1 Å². The number of carbonyl (C=O) groups excluding carboxylic acids is 1. The molecule has 3 atom stereocenters. The topological polar surface area (TPSA) is 65.0 Å². The molecule has 1 fully saturated rings. The van der Waals surface area contributed by atoms with Crippen LogP contribution in [0.4, 0.5) is 0 Å². The lowest BCUT2D eigenvalue weighted by Gasteiger charge is -2.11. The number of cyclic esters (lactones) is 1. The van der Waals surface area contributed by atoms with Crippen LogP contribution in [0, 0.1) is 5.92 Å². The Kier molecular flexibility index (Phi) is 6.78. The minimum atomic E-state index is -0.626. The third-order valence-corrected chi connectivity index (χ3v) is 5.42. The number of benzene rings is 1. The first-order chi connectivity index (χ1) is 12.6. The van der Waals surface area contributed by atoms with Gasteiger partial charge in [-0.15, -0.1) is 0 Å². The van der Waals surface area contributed by atoms with E-state index >= 15 is 0 Å². The van der Waals surface area contributed by atoms with Crippen LogP contribution in [0.25, 0.3) is 0 Å². The number of unbranched alkanes of at least 4 members (excludes halogenated alkanes) is 6. The van der Waals surface area contributed by atoms with Gasteiger partial charge in [0.05, 0.1) is 5.92 Å². The number of aryl methyl sites for hydroxylation is 1. The Labute approximate surface area is 155 Å². The average molecular weight is 362 g/mol. The molecule has 0 spiro atoms. The molecule has 0 unspecified atom stereocenters. The zero-order valence-corrected chi connectivity index (χ0v) is 15.6. The van der Waals surface area contributed by atoms with Crippen molar-refractivity contribution in [1.82, 2.24) is 0 Å². The quantitative estimate of drug-likeness (QED) is 0.503. The summed E-state index contributed by atoms with van der Waals surface area (Å²) in [6.07, 6.45) is 9.05. The molecule has 26 heavy (non-hydrogen) atoms. The van der Waals surface area contributed by atoms with Crippen LogP contribution in [-0.2, 0) is 16.0 Å². The van der Waals surface area contributed by atoms with E-state index in [-0.39, 0.29) is 18.0 Å². The Bertz CT molecular complexity index is 600. The number of ether oxygens (including phenoxy) is 3. The van der Waals surface area contributed by atoms with E-state index in [1.807, 2.05) is 6.07 Å². The predicted molar refractivity (Wildman–Crippen MR) is 98.3 cm³/mol. The van der Waals surface area contributed by atoms with E-state index in [1.165, 1.54) is 37.7 Å². The van der Waals surface area contributed by atoms with Crippen molar-refractivity contribution in [2.24, 2.45) is 5.92 Å². The highest BCUT2D eigenvalue weighted by Crippen LogP contribution is 2.33. The summed E-state index contributed by atoms with van der Waals surface area (Å²) in [5, 5.41) is 9.91. The highest BCUT2D eigenvalue weighted by Gasteiger charge is 2.40. The predicted octanol–water partition coefficient (Wildman–Crippen LogP) is 4.00. The number of fused-ring (bicyclic) bond motifs is 1. The number of esters is 1. The van der Waals surface area contributed by atoms with E-state index in [4.69, 9.17) is 14.2 Å². The van der Waals surface area contributed by atoms with Crippen LogP contribution in [0.2, 0.25) is 0 Å². The Morgan fingerprint density at radius 2 is 1.69 bits per heavy atom. The van der Waals surface area contributed by atoms with Gasteiger partial charge in [-0.25, -0.2) is 0 Å². The van der Waals surface area contributed by atoms with E-state index in [0.29, 0.717) is 6.79 Å². The molecule has 0 amide bonds. The molecular weight excluding hydrogens is 332 g/mol. The van der Waals surface area contributed by atoms with Gasteiger partial charge in [0.2, 0.25) is 6.79 Å². The fourth-order valence-corrected chi connectivity index (χ4v) is 3.77. The van der Waals surface area contributed by atoms with Crippen molar-refractivity contribution >= 4 is 5.97 Å². The summed E-state index contributed by atoms with van der Waals surface area (Å²) in [6.45, 7) is 2.09. The summed E-state index contributed by atoms with van der Waals surface area (Å²) < 4.78 is 15.8. The lowest BCUT2D eigenvalue weighted by Crippen LogP contribution is -2.24. The molecule has 0 aliphatic carbocycles. The molecular formula is C21H30O5. The molecule has 2 aliphatic rings. The van der Waals surface area contributed by atoms with Crippen LogP contribution in [-0.4, -0.2) is 30.1 Å². The van der Waals surface area contributed by atoms with Crippen LogP contribution in [0.5, 0.6) is 11.5 Å². The standard InChI is InChI=1S/C21H30O5/c1-15-20(22)17(21(23)26-15)10-8-6-4-2-3-5-7-9-16-11-12-18-19(13-16)25-14-24-18/h11-13,15,17,20,22H,2-10,14H2,1H3/t15-,17-,20+/m0/s1. The van der Waals surface area contributed by atoms with Gasteiger partial charge in [0, 0.05) is 0 Å². The molecule has 5 heteroatoms. The second-order valence-electron chi connectivity index (χ2n) is 7.44. The van der Waals surface area contributed by atoms with E-state index in [2.05, 4.69) is 12.1 Å². The fourth-order valence-electron chi connectivity index (χ4n) is 3.77. The summed E-state index contributed by atoms with van der Waals surface area (Å²) >= 11 is 0. The molecule has 1 aromatic rings. The molecule has 2 heterocycles. The molecule has 0 radical (unpaired) electrons. The van der Waals surface area contributed by atoms with Gasteiger partial charge >= 0.3 is 5.97 Å². The Balaban J connectivity index is 1.19.